The second-order valence-electron chi connectivity index (χ2n) is 10.3. The second-order valence-corrected chi connectivity index (χ2v) is 10.3. The van der Waals surface area contributed by atoms with Crippen LogP contribution in [0.3, 0.4) is 0 Å². The van der Waals surface area contributed by atoms with Gasteiger partial charge in [-0.25, -0.2) is 19.5 Å². The molecule has 9 nitrogen and oxygen atoms in total. The fourth-order valence-electron chi connectivity index (χ4n) is 5.54. The Bertz CT molecular complexity index is 1380. The highest BCUT2D eigenvalue weighted by molar-refractivity contribution is 5.57. The molecule has 0 spiro atoms. The minimum atomic E-state index is 0.556. The minimum absolute atomic E-state index is 0.556. The molecular weight excluding hydrogens is 464 g/mol. The Hall–Kier alpha value is -3.43. The van der Waals surface area contributed by atoms with Gasteiger partial charge < -0.3 is 9.64 Å². The SMILES string of the molecule is Cc1nc2nc(C)c(C[C@@H]3CCN(c4cnc(-c5ccc(CN6CCOCC6)cc5)nc4)C3)c(C)n2n1. The van der Waals surface area contributed by atoms with E-state index in [4.69, 9.17) is 19.7 Å². The van der Waals surface area contributed by atoms with Gasteiger partial charge in [0.05, 0.1) is 31.3 Å². The number of aryl methyl sites for hydroxylation is 3. The number of aromatic nitrogens is 6. The van der Waals surface area contributed by atoms with Gasteiger partial charge >= 0.3 is 0 Å². The van der Waals surface area contributed by atoms with Gasteiger partial charge in [-0.2, -0.15) is 10.1 Å². The highest BCUT2D eigenvalue weighted by Crippen LogP contribution is 2.28. The number of hydrogen-bond acceptors (Lipinski definition) is 8. The van der Waals surface area contributed by atoms with E-state index in [1.54, 1.807) is 0 Å². The van der Waals surface area contributed by atoms with Gasteiger partial charge in [-0.15, -0.1) is 0 Å². The van der Waals surface area contributed by atoms with Crippen LogP contribution in [0, 0.1) is 26.7 Å². The average Bonchev–Trinajstić information content (AvgIpc) is 3.54. The third-order valence-electron chi connectivity index (χ3n) is 7.66. The van der Waals surface area contributed by atoms with Gasteiger partial charge in [0.15, 0.2) is 5.82 Å². The molecule has 192 valence electrons. The summed E-state index contributed by atoms with van der Waals surface area (Å²) in [5.74, 6) is 2.77. The molecule has 2 fully saturated rings. The molecule has 1 atom stereocenters. The molecule has 0 radical (unpaired) electrons. The molecule has 5 heterocycles. The normalized spacial score (nSPS) is 18.7. The Labute approximate surface area is 217 Å². The molecule has 9 heteroatoms. The predicted molar refractivity (Wildman–Crippen MR) is 143 cm³/mol. The quantitative estimate of drug-likeness (QED) is 0.400. The second kappa shape index (κ2) is 10.1. The van der Waals surface area contributed by atoms with Crippen LogP contribution in [0.5, 0.6) is 0 Å². The van der Waals surface area contributed by atoms with Crippen molar-refractivity contribution in [2.24, 2.45) is 5.92 Å². The van der Waals surface area contributed by atoms with Crippen LogP contribution in [-0.2, 0) is 17.7 Å². The van der Waals surface area contributed by atoms with Crippen LogP contribution < -0.4 is 4.90 Å². The Balaban J connectivity index is 1.09. The summed E-state index contributed by atoms with van der Waals surface area (Å²) in [6.45, 7) is 12.7. The number of ether oxygens (including phenoxy) is 1. The number of morpholine rings is 1. The van der Waals surface area contributed by atoms with Crippen molar-refractivity contribution in [1.82, 2.24) is 34.4 Å². The zero-order valence-electron chi connectivity index (χ0n) is 21.9. The third-order valence-corrected chi connectivity index (χ3v) is 7.66. The molecule has 2 aliphatic heterocycles. The first kappa shape index (κ1) is 23.9. The van der Waals surface area contributed by atoms with Gasteiger partial charge in [0.2, 0.25) is 0 Å². The summed E-state index contributed by atoms with van der Waals surface area (Å²) in [4.78, 5) is 23.4. The van der Waals surface area contributed by atoms with Gasteiger partial charge in [0, 0.05) is 49.7 Å². The summed E-state index contributed by atoms with van der Waals surface area (Å²) in [6, 6.07) is 8.62. The van der Waals surface area contributed by atoms with Gasteiger partial charge in [0.25, 0.3) is 5.78 Å². The van der Waals surface area contributed by atoms with Gasteiger partial charge in [0.1, 0.15) is 5.82 Å². The number of hydrogen-bond donors (Lipinski definition) is 0. The summed E-state index contributed by atoms with van der Waals surface area (Å²) in [7, 11) is 0. The molecule has 6 rings (SSSR count). The summed E-state index contributed by atoms with van der Waals surface area (Å²) >= 11 is 0. The van der Waals surface area contributed by atoms with Crippen molar-refractivity contribution >= 4 is 11.5 Å². The molecule has 4 aromatic rings. The van der Waals surface area contributed by atoms with Crippen LogP contribution in [0.2, 0.25) is 0 Å². The van der Waals surface area contributed by atoms with Crippen LogP contribution >= 0.6 is 0 Å². The molecule has 3 aromatic heterocycles. The van der Waals surface area contributed by atoms with E-state index < -0.39 is 0 Å². The van der Waals surface area contributed by atoms with E-state index in [9.17, 15) is 0 Å². The smallest absolute Gasteiger partial charge is 0.252 e. The largest absolute Gasteiger partial charge is 0.379 e. The summed E-state index contributed by atoms with van der Waals surface area (Å²) < 4.78 is 7.33. The molecular formula is C28H34N8O. The Kier molecular flexibility index (Phi) is 6.56. The number of fused-ring (bicyclic) bond motifs is 1. The summed E-state index contributed by atoms with van der Waals surface area (Å²) in [5, 5.41) is 4.53. The van der Waals surface area contributed by atoms with Crippen molar-refractivity contribution < 1.29 is 4.74 Å². The molecule has 0 saturated carbocycles. The van der Waals surface area contributed by atoms with Crippen molar-refractivity contribution in [3.8, 4) is 11.4 Å². The Morgan fingerprint density at radius 3 is 2.46 bits per heavy atom. The zero-order chi connectivity index (χ0) is 25.4. The predicted octanol–water partition coefficient (Wildman–Crippen LogP) is 3.41. The molecule has 0 unspecified atom stereocenters. The number of rotatable bonds is 6. The van der Waals surface area contributed by atoms with E-state index in [-0.39, 0.29) is 0 Å². The van der Waals surface area contributed by atoms with E-state index in [2.05, 4.69) is 58.0 Å². The van der Waals surface area contributed by atoms with Crippen molar-refractivity contribution in [2.45, 2.75) is 40.2 Å². The maximum absolute atomic E-state index is 5.45. The van der Waals surface area contributed by atoms with E-state index in [1.165, 1.54) is 11.1 Å². The maximum Gasteiger partial charge on any atom is 0.252 e. The van der Waals surface area contributed by atoms with Crippen molar-refractivity contribution in [3.63, 3.8) is 0 Å². The summed E-state index contributed by atoms with van der Waals surface area (Å²) in [5.41, 5.74) is 6.93. The molecule has 1 aromatic carbocycles. The molecule has 2 saturated heterocycles. The summed E-state index contributed by atoms with van der Waals surface area (Å²) in [6.07, 6.45) is 6.06. The lowest BCUT2D eigenvalue weighted by molar-refractivity contribution is 0.0342. The minimum Gasteiger partial charge on any atom is -0.379 e. The Morgan fingerprint density at radius 1 is 0.946 bits per heavy atom. The highest BCUT2D eigenvalue weighted by atomic mass is 16.5. The average molecular weight is 499 g/mol. The topological polar surface area (TPSA) is 84.6 Å². The lowest BCUT2D eigenvalue weighted by Crippen LogP contribution is -2.35. The molecule has 0 amide bonds. The first-order valence-corrected chi connectivity index (χ1v) is 13.2. The third kappa shape index (κ3) is 5.06. The van der Waals surface area contributed by atoms with E-state index in [1.807, 2.05) is 23.8 Å². The monoisotopic (exact) mass is 498 g/mol. The lowest BCUT2D eigenvalue weighted by Gasteiger charge is -2.26. The molecule has 2 aliphatic rings. The first-order chi connectivity index (χ1) is 18.0. The van der Waals surface area contributed by atoms with Crippen molar-refractivity contribution in [1.29, 1.82) is 0 Å². The van der Waals surface area contributed by atoms with Crippen LogP contribution in [-0.4, -0.2) is 73.8 Å². The van der Waals surface area contributed by atoms with Gasteiger partial charge in [-0.3, -0.25) is 4.90 Å². The van der Waals surface area contributed by atoms with Crippen LogP contribution in [0.4, 0.5) is 5.69 Å². The van der Waals surface area contributed by atoms with E-state index in [0.717, 1.165) is 93.1 Å². The number of anilines is 1. The zero-order valence-corrected chi connectivity index (χ0v) is 21.9. The first-order valence-electron chi connectivity index (χ1n) is 13.2. The lowest BCUT2D eigenvalue weighted by atomic mass is 9.96. The fraction of sp³-hybridized carbons (Fsp3) is 0.464. The maximum atomic E-state index is 5.45. The van der Waals surface area contributed by atoms with Crippen molar-refractivity contribution in [2.75, 3.05) is 44.3 Å². The van der Waals surface area contributed by atoms with Gasteiger partial charge in [-0.05, 0) is 50.7 Å². The molecule has 0 aliphatic carbocycles. The number of benzene rings is 1. The van der Waals surface area contributed by atoms with Crippen LogP contribution in [0.25, 0.3) is 17.2 Å². The standard InChI is InChI=1S/C28H34N8O/c1-19-26(20(2)36-28(31-19)32-21(3)33-36)14-23-8-9-35(18-23)25-15-29-27(30-16-25)24-6-4-22(5-7-24)17-34-10-12-37-13-11-34/h4-7,15-16,23H,8-14,17-18H2,1-3H3/t23-/m0/s1. The van der Waals surface area contributed by atoms with E-state index in [0.29, 0.717) is 11.7 Å². The molecule has 0 N–H and O–H groups in total. The molecule has 0 bridgehead atoms. The van der Waals surface area contributed by atoms with Gasteiger partial charge in [-0.1, -0.05) is 24.3 Å². The van der Waals surface area contributed by atoms with Crippen LogP contribution in [0.15, 0.2) is 36.7 Å². The van der Waals surface area contributed by atoms with Crippen LogP contribution in [0.1, 0.15) is 34.8 Å². The van der Waals surface area contributed by atoms with Crippen molar-refractivity contribution in [3.05, 3.63) is 65.0 Å². The number of nitrogens with zero attached hydrogens (tertiary/aromatic N) is 8. The highest BCUT2D eigenvalue weighted by Gasteiger charge is 2.25. The Morgan fingerprint density at radius 2 is 1.70 bits per heavy atom. The molecule has 37 heavy (non-hydrogen) atoms. The fourth-order valence-corrected chi connectivity index (χ4v) is 5.54. The van der Waals surface area contributed by atoms with E-state index >= 15 is 0 Å².